The Hall–Kier alpha value is -2.19. The van der Waals surface area contributed by atoms with Crippen molar-refractivity contribution in [3.63, 3.8) is 0 Å². The Bertz CT molecular complexity index is 982. The lowest BCUT2D eigenvalue weighted by Crippen LogP contribution is -2.16. The molecular formula is C16H14ClN3O3S. The average Bonchev–Trinajstić information content (AvgIpc) is 2.99. The zero-order chi connectivity index (χ0) is 17.3. The molecule has 0 atom stereocenters. The van der Waals surface area contributed by atoms with Gasteiger partial charge in [0.05, 0.1) is 23.7 Å². The summed E-state index contributed by atoms with van der Waals surface area (Å²) in [5.74, 6) is 0. The largest absolute Gasteiger partial charge is 0.390 e. The third-order valence-corrected chi connectivity index (χ3v) is 4.67. The first kappa shape index (κ1) is 16.7. The van der Waals surface area contributed by atoms with Gasteiger partial charge in [0.15, 0.2) is 0 Å². The van der Waals surface area contributed by atoms with Gasteiger partial charge in [-0.25, -0.2) is 18.2 Å². The smallest absolute Gasteiger partial charge is 0.240 e. The quantitative estimate of drug-likeness (QED) is 0.743. The molecule has 2 aromatic carbocycles. The standard InChI is InChI=1S/C16H14ClN3O3S/c17-12-7-5-11(6-8-12)15-9-13(10-21)19-20(15)14-3-1-2-4-16(14)24(18,22)23/h1-9,21H,10H2,(H2,18,22,23). The van der Waals surface area contributed by atoms with Crippen LogP contribution in [0.1, 0.15) is 5.69 Å². The fourth-order valence-corrected chi connectivity index (χ4v) is 3.23. The van der Waals surface area contributed by atoms with E-state index in [0.717, 1.165) is 5.56 Å². The zero-order valence-electron chi connectivity index (χ0n) is 12.4. The first-order valence-electron chi connectivity index (χ1n) is 6.98. The van der Waals surface area contributed by atoms with Gasteiger partial charge in [-0.2, -0.15) is 5.10 Å². The summed E-state index contributed by atoms with van der Waals surface area (Å²) in [7, 11) is -3.93. The van der Waals surface area contributed by atoms with Crippen molar-refractivity contribution in [2.45, 2.75) is 11.5 Å². The molecule has 3 N–H and O–H groups in total. The fourth-order valence-electron chi connectivity index (χ4n) is 2.39. The summed E-state index contributed by atoms with van der Waals surface area (Å²) in [6.45, 7) is -0.273. The van der Waals surface area contributed by atoms with Crippen LogP contribution < -0.4 is 5.14 Å². The molecule has 0 aliphatic carbocycles. The number of sulfonamides is 1. The molecule has 0 saturated carbocycles. The minimum Gasteiger partial charge on any atom is -0.390 e. The zero-order valence-corrected chi connectivity index (χ0v) is 14.0. The van der Waals surface area contributed by atoms with Crippen molar-refractivity contribution >= 4 is 21.6 Å². The van der Waals surface area contributed by atoms with Crippen molar-refractivity contribution < 1.29 is 13.5 Å². The predicted molar refractivity (Wildman–Crippen MR) is 91.3 cm³/mol. The van der Waals surface area contributed by atoms with E-state index in [9.17, 15) is 13.5 Å². The number of para-hydroxylation sites is 1. The molecule has 0 spiro atoms. The molecule has 0 fully saturated rings. The number of aromatic nitrogens is 2. The van der Waals surface area contributed by atoms with Crippen LogP contribution in [0, 0.1) is 0 Å². The van der Waals surface area contributed by atoms with Crippen LogP contribution in [0.4, 0.5) is 0 Å². The summed E-state index contributed by atoms with van der Waals surface area (Å²) in [5.41, 5.74) is 2.11. The van der Waals surface area contributed by atoms with Crippen LogP contribution >= 0.6 is 11.6 Å². The molecule has 24 heavy (non-hydrogen) atoms. The number of nitrogens with two attached hydrogens (primary N) is 1. The van der Waals surface area contributed by atoms with Gasteiger partial charge in [-0.1, -0.05) is 35.9 Å². The van der Waals surface area contributed by atoms with Crippen LogP contribution in [-0.2, 0) is 16.6 Å². The first-order chi connectivity index (χ1) is 11.4. The van der Waals surface area contributed by atoms with E-state index >= 15 is 0 Å². The normalized spacial score (nSPS) is 11.6. The molecule has 0 radical (unpaired) electrons. The van der Waals surface area contributed by atoms with E-state index in [1.807, 2.05) is 0 Å². The van der Waals surface area contributed by atoms with E-state index in [1.165, 1.54) is 10.7 Å². The Kier molecular flexibility index (Phi) is 4.42. The molecule has 3 rings (SSSR count). The third kappa shape index (κ3) is 3.20. The Morgan fingerprint density at radius 2 is 1.79 bits per heavy atom. The minimum absolute atomic E-state index is 0.0483. The number of aliphatic hydroxyl groups excluding tert-OH is 1. The highest BCUT2D eigenvalue weighted by Crippen LogP contribution is 2.28. The van der Waals surface area contributed by atoms with Gasteiger partial charge in [0.25, 0.3) is 0 Å². The van der Waals surface area contributed by atoms with E-state index in [1.54, 1.807) is 48.5 Å². The molecule has 0 amide bonds. The molecule has 124 valence electrons. The molecule has 6 nitrogen and oxygen atoms in total. The molecule has 0 unspecified atom stereocenters. The SMILES string of the molecule is NS(=O)(=O)c1ccccc1-n1nc(CO)cc1-c1ccc(Cl)cc1. The van der Waals surface area contributed by atoms with Gasteiger partial charge in [0.2, 0.25) is 10.0 Å². The first-order valence-corrected chi connectivity index (χ1v) is 8.90. The lowest BCUT2D eigenvalue weighted by molar-refractivity contribution is 0.276. The summed E-state index contributed by atoms with van der Waals surface area (Å²) in [4.78, 5) is -0.0483. The molecule has 0 saturated heterocycles. The van der Waals surface area contributed by atoms with Crippen molar-refractivity contribution in [2.75, 3.05) is 0 Å². The molecule has 3 aromatic rings. The maximum Gasteiger partial charge on any atom is 0.240 e. The Balaban J connectivity index is 2.26. The van der Waals surface area contributed by atoms with Crippen LogP contribution in [0.2, 0.25) is 5.02 Å². The minimum atomic E-state index is -3.93. The Morgan fingerprint density at radius 1 is 1.12 bits per heavy atom. The van der Waals surface area contributed by atoms with Gasteiger partial charge in [0.1, 0.15) is 4.90 Å². The second-order valence-electron chi connectivity index (χ2n) is 5.11. The van der Waals surface area contributed by atoms with Gasteiger partial charge < -0.3 is 5.11 Å². The monoisotopic (exact) mass is 363 g/mol. The van der Waals surface area contributed by atoms with Crippen molar-refractivity contribution in [1.82, 2.24) is 9.78 Å². The van der Waals surface area contributed by atoms with E-state index < -0.39 is 10.0 Å². The highest BCUT2D eigenvalue weighted by molar-refractivity contribution is 7.89. The summed E-state index contributed by atoms with van der Waals surface area (Å²) in [5, 5.41) is 19.6. The highest BCUT2D eigenvalue weighted by atomic mass is 35.5. The molecule has 1 heterocycles. The topological polar surface area (TPSA) is 98.2 Å². The number of primary sulfonamides is 1. The number of nitrogens with zero attached hydrogens (tertiary/aromatic N) is 2. The second-order valence-corrected chi connectivity index (χ2v) is 7.08. The maximum absolute atomic E-state index is 11.9. The fraction of sp³-hybridized carbons (Fsp3) is 0.0625. The van der Waals surface area contributed by atoms with Crippen molar-refractivity contribution in [3.05, 3.63) is 65.3 Å². The lowest BCUT2D eigenvalue weighted by Gasteiger charge is -2.11. The number of hydrogen-bond acceptors (Lipinski definition) is 4. The summed E-state index contributed by atoms with van der Waals surface area (Å²) in [6.07, 6.45) is 0. The van der Waals surface area contributed by atoms with Crippen molar-refractivity contribution in [2.24, 2.45) is 5.14 Å². The highest BCUT2D eigenvalue weighted by Gasteiger charge is 2.19. The van der Waals surface area contributed by atoms with Crippen LogP contribution in [0.15, 0.2) is 59.5 Å². The van der Waals surface area contributed by atoms with Gasteiger partial charge in [-0.3, -0.25) is 0 Å². The summed E-state index contributed by atoms with van der Waals surface area (Å²) in [6, 6.07) is 15.0. The van der Waals surface area contributed by atoms with E-state index in [4.69, 9.17) is 16.7 Å². The Morgan fingerprint density at radius 3 is 2.42 bits per heavy atom. The summed E-state index contributed by atoms with van der Waals surface area (Å²) >= 11 is 5.92. The van der Waals surface area contributed by atoms with Crippen LogP contribution in [0.25, 0.3) is 16.9 Å². The lowest BCUT2D eigenvalue weighted by atomic mass is 10.1. The van der Waals surface area contributed by atoms with E-state index in [0.29, 0.717) is 22.1 Å². The van der Waals surface area contributed by atoms with Crippen LogP contribution in [0.3, 0.4) is 0 Å². The van der Waals surface area contributed by atoms with E-state index in [-0.39, 0.29) is 11.5 Å². The second kappa shape index (κ2) is 6.37. The predicted octanol–water partition coefficient (Wildman–Crippen LogP) is 2.33. The van der Waals surface area contributed by atoms with Crippen molar-refractivity contribution in [3.8, 4) is 16.9 Å². The molecule has 1 aromatic heterocycles. The molecule has 8 heteroatoms. The third-order valence-electron chi connectivity index (χ3n) is 3.46. The number of hydrogen-bond donors (Lipinski definition) is 2. The van der Waals surface area contributed by atoms with Crippen LogP contribution in [0.5, 0.6) is 0 Å². The van der Waals surface area contributed by atoms with Gasteiger partial charge in [-0.15, -0.1) is 0 Å². The van der Waals surface area contributed by atoms with Gasteiger partial charge in [-0.05, 0) is 30.3 Å². The summed E-state index contributed by atoms with van der Waals surface area (Å²) < 4.78 is 25.2. The molecule has 0 bridgehead atoms. The molecular weight excluding hydrogens is 350 g/mol. The van der Waals surface area contributed by atoms with Gasteiger partial charge in [0, 0.05) is 10.6 Å². The number of benzene rings is 2. The maximum atomic E-state index is 11.9. The number of aliphatic hydroxyl groups is 1. The van der Waals surface area contributed by atoms with Crippen LogP contribution in [-0.4, -0.2) is 23.3 Å². The average molecular weight is 364 g/mol. The number of rotatable bonds is 4. The number of halogens is 1. The van der Waals surface area contributed by atoms with Crippen molar-refractivity contribution in [1.29, 1.82) is 0 Å². The molecule has 0 aliphatic heterocycles. The van der Waals surface area contributed by atoms with E-state index in [2.05, 4.69) is 5.10 Å². The molecule has 0 aliphatic rings. The van der Waals surface area contributed by atoms with Gasteiger partial charge >= 0.3 is 0 Å². The Labute approximate surface area is 144 Å².